The summed E-state index contributed by atoms with van der Waals surface area (Å²) in [6, 6.07) is 15.1. The number of carbonyl (C=O) groups is 2. The molecular formula is C44H44F6N12O6S2. The lowest BCUT2D eigenvalue weighted by Gasteiger charge is -2.20. The van der Waals surface area contributed by atoms with Gasteiger partial charge in [-0.2, -0.15) is 26.3 Å². The molecule has 0 aliphatic carbocycles. The Morgan fingerprint density at radius 3 is 1.80 bits per heavy atom. The highest BCUT2D eigenvalue weighted by Gasteiger charge is 2.37. The second-order valence-corrected chi connectivity index (χ2v) is 19.6. The van der Waals surface area contributed by atoms with Crippen molar-refractivity contribution in [1.82, 2.24) is 34.9 Å². The molecule has 7 rings (SSSR count). The minimum absolute atomic E-state index is 0.0151. The predicted octanol–water partition coefficient (Wildman–Crippen LogP) is 6.46. The highest BCUT2D eigenvalue weighted by Crippen LogP contribution is 2.36. The first-order valence-corrected chi connectivity index (χ1v) is 24.5. The number of amides is 1. The van der Waals surface area contributed by atoms with Gasteiger partial charge >= 0.3 is 12.4 Å². The number of Topliss-reactive ketones (excluding diaryl/α,β-unsaturated/α-hetero) is 1. The number of anilines is 5. The largest absolute Gasteiger partial charge is 0.421 e. The summed E-state index contributed by atoms with van der Waals surface area (Å²) in [5.74, 6) is -0.695. The van der Waals surface area contributed by atoms with Crippen molar-refractivity contribution in [3.8, 4) is 0 Å². The number of benzene rings is 2. The van der Waals surface area contributed by atoms with E-state index in [1.165, 1.54) is 32.7 Å². The van der Waals surface area contributed by atoms with Crippen molar-refractivity contribution < 1.29 is 52.8 Å². The van der Waals surface area contributed by atoms with Gasteiger partial charge in [-0.15, -0.1) is 0 Å². The Bertz CT molecular complexity index is 3130. The zero-order valence-electron chi connectivity index (χ0n) is 37.9. The van der Waals surface area contributed by atoms with Crippen LogP contribution in [-0.4, -0.2) is 90.0 Å². The van der Waals surface area contributed by atoms with Gasteiger partial charge in [0.2, 0.25) is 26.0 Å². The molecule has 26 heteroatoms. The molecule has 1 aliphatic rings. The number of sulfonamides is 2. The summed E-state index contributed by atoms with van der Waals surface area (Å²) < 4.78 is 131. The fourth-order valence-electron chi connectivity index (χ4n) is 6.72. The smallest absolute Gasteiger partial charge is 0.365 e. The lowest BCUT2D eigenvalue weighted by atomic mass is 10.0. The Hall–Kier alpha value is -7.35. The maximum Gasteiger partial charge on any atom is 0.421 e. The van der Waals surface area contributed by atoms with Crippen LogP contribution < -0.4 is 24.6 Å². The third kappa shape index (κ3) is 13.2. The van der Waals surface area contributed by atoms with Gasteiger partial charge in [0.15, 0.2) is 11.6 Å². The maximum atomic E-state index is 13.6. The summed E-state index contributed by atoms with van der Waals surface area (Å²) in [5.41, 5.74) is 1.88. The Balaban J connectivity index is 0.000000230. The molecule has 4 aromatic heterocycles. The molecule has 0 saturated carbocycles. The van der Waals surface area contributed by atoms with Gasteiger partial charge in [-0.1, -0.05) is 49.4 Å². The van der Waals surface area contributed by atoms with E-state index >= 15 is 0 Å². The van der Waals surface area contributed by atoms with Gasteiger partial charge in [0.05, 0.1) is 25.5 Å². The summed E-state index contributed by atoms with van der Waals surface area (Å²) in [5, 5.41) is 7.99. The molecule has 0 atom stereocenters. The van der Waals surface area contributed by atoms with Crippen LogP contribution in [0.4, 0.5) is 55.3 Å². The van der Waals surface area contributed by atoms with E-state index in [9.17, 15) is 52.8 Å². The molecule has 0 saturated heterocycles. The molecule has 70 heavy (non-hydrogen) atoms. The van der Waals surface area contributed by atoms with E-state index in [1.807, 2.05) is 0 Å². The molecule has 18 nitrogen and oxygen atoms in total. The van der Waals surface area contributed by atoms with Crippen molar-refractivity contribution in [2.45, 2.75) is 58.0 Å². The molecule has 1 amide bonds. The average molecular weight is 1020 g/mol. The van der Waals surface area contributed by atoms with Crippen molar-refractivity contribution >= 4 is 60.7 Å². The third-order valence-corrected chi connectivity index (χ3v) is 12.8. The summed E-state index contributed by atoms with van der Waals surface area (Å²) in [4.78, 5) is 51.4. The lowest BCUT2D eigenvalue weighted by Crippen LogP contribution is -2.27. The van der Waals surface area contributed by atoms with Gasteiger partial charge < -0.3 is 16.0 Å². The number of rotatable bonds is 16. The molecule has 6 aromatic rings. The zero-order chi connectivity index (χ0) is 51.2. The standard InChI is InChI=1S/C22H21F3N6O3S.C22H23F3N6O3S/c1-31(35(2,33)34)21-14(4-3-7-26-21)11-28-20-16(22(23,24)25)12-27-18(30-20)9-13-5-6-17-15(8-13)10-19(32)29-17;1-4-18(32)15-7-5-14(6-8-15)11-19-28-12-16(22(23,24)25)20(30-19)29-13-17-21(27-10-9-26-17)31(2)35(3,33)34/h3-8,12H,9-11H2,1-2H3,(H,29,32)(H,27,28,30);5-10,12H,4,11,13H2,1-3H3,(H,28,29,30). The highest BCUT2D eigenvalue weighted by atomic mass is 32.2. The maximum absolute atomic E-state index is 13.6. The van der Waals surface area contributed by atoms with Gasteiger partial charge in [0.25, 0.3) is 0 Å². The molecule has 0 bridgehead atoms. The lowest BCUT2D eigenvalue weighted by molar-refractivity contribution is -0.138. The fourth-order valence-corrected chi connectivity index (χ4v) is 7.67. The van der Waals surface area contributed by atoms with Gasteiger partial charge in [0, 0.05) is 87.7 Å². The molecule has 370 valence electrons. The molecule has 3 N–H and O–H groups in total. The number of hydrogen-bond donors (Lipinski definition) is 3. The second-order valence-electron chi connectivity index (χ2n) is 15.6. The zero-order valence-corrected chi connectivity index (χ0v) is 39.5. The molecule has 0 fully saturated rings. The molecule has 2 aromatic carbocycles. The van der Waals surface area contributed by atoms with Crippen LogP contribution in [-0.2, 0) is 69.5 Å². The van der Waals surface area contributed by atoms with Gasteiger partial charge in [-0.05, 0) is 28.8 Å². The second kappa shape index (κ2) is 21.1. The van der Waals surface area contributed by atoms with Crippen LogP contribution in [0.3, 0.4) is 0 Å². The number of pyridine rings is 1. The van der Waals surface area contributed by atoms with Gasteiger partial charge in [-0.3, -0.25) is 23.2 Å². The fraction of sp³-hybridized carbons (Fsp3) is 0.295. The van der Waals surface area contributed by atoms with Crippen LogP contribution in [0.2, 0.25) is 0 Å². The first-order chi connectivity index (χ1) is 32.8. The quantitative estimate of drug-likeness (QED) is 0.0697. The average Bonchev–Trinajstić information content (AvgIpc) is 3.68. The topological polar surface area (TPSA) is 235 Å². The molecule has 5 heterocycles. The Morgan fingerprint density at radius 1 is 0.700 bits per heavy atom. The molecular weight excluding hydrogens is 971 g/mol. The molecule has 0 unspecified atom stereocenters. The number of ketones is 1. The monoisotopic (exact) mass is 1010 g/mol. The van der Waals surface area contributed by atoms with Crippen molar-refractivity contribution in [3.63, 3.8) is 0 Å². The van der Waals surface area contributed by atoms with Crippen molar-refractivity contribution in [2.75, 3.05) is 51.2 Å². The van der Waals surface area contributed by atoms with Crippen LogP contribution in [0, 0.1) is 0 Å². The van der Waals surface area contributed by atoms with E-state index in [2.05, 4.69) is 50.8 Å². The number of nitrogens with zero attached hydrogens (tertiary/aromatic N) is 9. The summed E-state index contributed by atoms with van der Waals surface area (Å²) in [6.45, 7) is 1.33. The van der Waals surface area contributed by atoms with Gasteiger partial charge in [-0.25, -0.2) is 46.7 Å². The van der Waals surface area contributed by atoms with Gasteiger partial charge in [0.1, 0.15) is 45.9 Å². The number of nitrogens with one attached hydrogen (secondary N) is 3. The van der Waals surface area contributed by atoms with Crippen molar-refractivity contribution in [1.29, 1.82) is 0 Å². The van der Waals surface area contributed by atoms with E-state index < -0.39 is 55.2 Å². The number of alkyl halides is 6. The van der Waals surface area contributed by atoms with E-state index in [0.29, 0.717) is 35.0 Å². The van der Waals surface area contributed by atoms with Crippen molar-refractivity contribution in [3.05, 3.63) is 142 Å². The molecule has 0 spiro atoms. The van der Waals surface area contributed by atoms with E-state index in [1.54, 1.807) is 61.5 Å². The molecule has 1 aliphatic heterocycles. The van der Waals surface area contributed by atoms with Crippen LogP contribution in [0.15, 0.2) is 85.6 Å². The van der Waals surface area contributed by atoms with E-state index in [-0.39, 0.29) is 73.0 Å². The molecule has 0 radical (unpaired) electrons. The van der Waals surface area contributed by atoms with Crippen molar-refractivity contribution in [2.24, 2.45) is 0 Å². The number of fused-ring (bicyclic) bond motifs is 1. The van der Waals surface area contributed by atoms with Crippen LogP contribution in [0.5, 0.6) is 0 Å². The number of aromatic nitrogens is 7. The van der Waals surface area contributed by atoms with Crippen LogP contribution >= 0.6 is 0 Å². The summed E-state index contributed by atoms with van der Waals surface area (Å²) in [7, 11) is -4.72. The first-order valence-electron chi connectivity index (χ1n) is 20.8. The minimum Gasteiger partial charge on any atom is -0.365 e. The SMILES string of the molecule is CCC(=O)c1ccc(Cc2ncc(C(F)(F)F)c(NCc3nccnc3N(C)S(C)(=O)=O)n2)cc1.CN(c1ncccc1CNc1nc(Cc2ccc3c(c2)CC(=O)N3)ncc1C(F)(F)F)S(C)(=O)=O. The minimum atomic E-state index is -4.72. The van der Waals surface area contributed by atoms with Crippen LogP contribution in [0.1, 0.15) is 74.4 Å². The summed E-state index contributed by atoms with van der Waals surface area (Å²) in [6.07, 6.45) is -1.17. The Morgan fingerprint density at radius 2 is 1.23 bits per heavy atom. The number of hydrogen-bond acceptors (Lipinski definition) is 15. The van der Waals surface area contributed by atoms with E-state index in [4.69, 9.17) is 0 Å². The third-order valence-electron chi connectivity index (χ3n) is 10.5. The Kier molecular flexibility index (Phi) is 15.7. The first kappa shape index (κ1) is 52.0. The highest BCUT2D eigenvalue weighted by molar-refractivity contribution is 7.92. The Labute approximate surface area is 398 Å². The summed E-state index contributed by atoms with van der Waals surface area (Å²) >= 11 is 0. The van der Waals surface area contributed by atoms with Crippen LogP contribution in [0.25, 0.3) is 0 Å². The number of carbonyl (C=O) groups excluding carboxylic acids is 2. The van der Waals surface area contributed by atoms with E-state index in [0.717, 1.165) is 38.4 Å². The normalized spacial score (nSPS) is 12.6. The number of halogens is 6. The predicted molar refractivity (Wildman–Crippen MR) is 247 cm³/mol.